The first-order valence-electron chi connectivity index (χ1n) is 6.00. The summed E-state index contributed by atoms with van der Waals surface area (Å²) in [5.41, 5.74) is -0.0211. The van der Waals surface area contributed by atoms with Gasteiger partial charge in [0.15, 0.2) is 0 Å². The van der Waals surface area contributed by atoms with E-state index in [1.807, 2.05) is 0 Å². The molecule has 2 unspecified atom stereocenters. The Morgan fingerprint density at radius 2 is 2.00 bits per heavy atom. The summed E-state index contributed by atoms with van der Waals surface area (Å²) >= 11 is 0. The van der Waals surface area contributed by atoms with E-state index in [-0.39, 0.29) is 30.4 Å². The minimum absolute atomic E-state index is 0.0211. The van der Waals surface area contributed by atoms with E-state index < -0.39 is 23.6 Å². The molecular weight excluding hydrogens is 254 g/mol. The topological polar surface area (TPSA) is 58.2 Å². The lowest BCUT2D eigenvalue weighted by atomic mass is 10.0. The number of nitrogens with one attached hydrogen (secondary N) is 2. The van der Waals surface area contributed by atoms with Crippen LogP contribution in [0, 0.1) is 11.6 Å². The molecule has 1 aromatic rings. The van der Waals surface area contributed by atoms with Gasteiger partial charge in [0.1, 0.15) is 11.6 Å². The van der Waals surface area contributed by atoms with Gasteiger partial charge in [0, 0.05) is 11.6 Å². The van der Waals surface area contributed by atoms with Crippen LogP contribution in [-0.4, -0.2) is 23.9 Å². The van der Waals surface area contributed by atoms with Crippen molar-refractivity contribution in [1.82, 2.24) is 10.6 Å². The van der Waals surface area contributed by atoms with Crippen molar-refractivity contribution >= 4 is 11.8 Å². The van der Waals surface area contributed by atoms with Gasteiger partial charge in [-0.1, -0.05) is 6.07 Å². The van der Waals surface area contributed by atoms with Crippen molar-refractivity contribution in [3.8, 4) is 0 Å². The average molecular weight is 268 g/mol. The van der Waals surface area contributed by atoms with Crippen LogP contribution >= 0.6 is 0 Å². The maximum absolute atomic E-state index is 13.5. The Bertz CT molecular complexity index is 499. The number of carbonyl (C=O) groups excluding carboxylic acids is 2. The van der Waals surface area contributed by atoms with E-state index in [0.29, 0.717) is 0 Å². The van der Waals surface area contributed by atoms with Crippen LogP contribution in [0.3, 0.4) is 0 Å². The molecule has 0 radical (unpaired) electrons. The molecule has 102 valence electrons. The lowest BCUT2D eigenvalue weighted by Gasteiger charge is -2.17. The molecule has 2 rings (SSSR count). The summed E-state index contributed by atoms with van der Waals surface area (Å²) in [6, 6.07) is 2.73. The normalized spacial score (nSPS) is 20.5. The van der Waals surface area contributed by atoms with Crippen molar-refractivity contribution < 1.29 is 18.4 Å². The second kappa shape index (κ2) is 5.44. The number of halogens is 2. The Kier molecular flexibility index (Phi) is 3.90. The highest BCUT2D eigenvalue weighted by Gasteiger charge is 2.31. The van der Waals surface area contributed by atoms with Crippen molar-refractivity contribution in [3.63, 3.8) is 0 Å². The van der Waals surface area contributed by atoms with E-state index in [1.54, 1.807) is 6.92 Å². The van der Waals surface area contributed by atoms with Crippen molar-refractivity contribution in [2.24, 2.45) is 0 Å². The van der Waals surface area contributed by atoms with E-state index in [4.69, 9.17) is 0 Å². The zero-order chi connectivity index (χ0) is 14.0. The Morgan fingerprint density at radius 3 is 2.53 bits per heavy atom. The highest BCUT2D eigenvalue weighted by atomic mass is 19.1. The molecule has 4 nitrogen and oxygen atoms in total. The SMILES string of the molecule is CC(Cc1c(F)cccc1F)NC1CC(=O)NC1=O. The van der Waals surface area contributed by atoms with Crippen LogP contribution in [0.25, 0.3) is 0 Å². The first-order chi connectivity index (χ1) is 8.97. The van der Waals surface area contributed by atoms with Gasteiger partial charge in [0.25, 0.3) is 0 Å². The highest BCUT2D eigenvalue weighted by molar-refractivity contribution is 6.05. The van der Waals surface area contributed by atoms with Crippen LogP contribution in [0.1, 0.15) is 18.9 Å². The summed E-state index contributed by atoms with van der Waals surface area (Å²) in [6.45, 7) is 1.71. The highest BCUT2D eigenvalue weighted by Crippen LogP contribution is 2.15. The predicted molar refractivity (Wildman–Crippen MR) is 64.2 cm³/mol. The van der Waals surface area contributed by atoms with Gasteiger partial charge in [0.05, 0.1) is 12.5 Å². The van der Waals surface area contributed by atoms with Gasteiger partial charge in [-0.25, -0.2) is 8.78 Å². The second-order valence-electron chi connectivity index (χ2n) is 4.64. The molecule has 1 saturated heterocycles. The molecule has 0 saturated carbocycles. The van der Waals surface area contributed by atoms with E-state index in [9.17, 15) is 18.4 Å². The molecule has 0 spiro atoms. The fourth-order valence-corrected chi connectivity index (χ4v) is 2.12. The Labute approximate surface area is 109 Å². The minimum atomic E-state index is -0.627. The summed E-state index contributed by atoms with van der Waals surface area (Å²) in [7, 11) is 0. The molecule has 0 bridgehead atoms. The van der Waals surface area contributed by atoms with E-state index >= 15 is 0 Å². The molecule has 2 N–H and O–H groups in total. The Balaban J connectivity index is 2.00. The van der Waals surface area contributed by atoms with E-state index in [1.165, 1.54) is 18.2 Å². The van der Waals surface area contributed by atoms with Gasteiger partial charge in [-0.3, -0.25) is 14.9 Å². The van der Waals surface area contributed by atoms with Crippen LogP contribution in [0.2, 0.25) is 0 Å². The molecular formula is C13H14F2N2O2. The van der Waals surface area contributed by atoms with Gasteiger partial charge in [0.2, 0.25) is 11.8 Å². The number of rotatable bonds is 4. The maximum Gasteiger partial charge on any atom is 0.244 e. The number of imide groups is 1. The maximum atomic E-state index is 13.5. The predicted octanol–water partition coefficient (Wildman–Crippen LogP) is 0.900. The molecule has 1 aliphatic rings. The standard InChI is InChI=1S/C13H14F2N2O2/c1-7(16-11-6-12(18)17-13(11)19)5-8-9(14)3-2-4-10(8)15/h2-4,7,11,16H,5-6H2,1H3,(H,17,18,19). The number of amides is 2. The average Bonchev–Trinajstić information content (AvgIpc) is 2.63. The van der Waals surface area contributed by atoms with E-state index in [0.717, 1.165) is 0 Å². The number of benzene rings is 1. The lowest BCUT2D eigenvalue weighted by Crippen LogP contribution is -2.42. The van der Waals surface area contributed by atoms with Crippen LogP contribution < -0.4 is 10.6 Å². The lowest BCUT2D eigenvalue weighted by molar-refractivity contribution is -0.125. The number of hydrogen-bond donors (Lipinski definition) is 2. The van der Waals surface area contributed by atoms with Crippen LogP contribution in [-0.2, 0) is 16.0 Å². The first kappa shape index (κ1) is 13.6. The van der Waals surface area contributed by atoms with Crippen molar-refractivity contribution in [1.29, 1.82) is 0 Å². The third kappa shape index (κ3) is 3.14. The van der Waals surface area contributed by atoms with Gasteiger partial charge < -0.3 is 5.32 Å². The molecule has 0 aliphatic carbocycles. The Morgan fingerprint density at radius 1 is 1.37 bits per heavy atom. The fraction of sp³-hybridized carbons (Fsp3) is 0.385. The molecule has 2 atom stereocenters. The molecule has 2 amide bonds. The quantitative estimate of drug-likeness (QED) is 0.798. The summed E-state index contributed by atoms with van der Waals surface area (Å²) in [4.78, 5) is 22.4. The third-order valence-electron chi connectivity index (χ3n) is 3.03. The first-order valence-corrected chi connectivity index (χ1v) is 6.00. The molecule has 1 aliphatic heterocycles. The zero-order valence-corrected chi connectivity index (χ0v) is 10.4. The summed E-state index contributed by atoms with van der Waals surface area (Å²) in [5, 5.41) is 5.07. The molecule has 1 heterocycles. The van der Waals surface area contributed by atoms with Crippen molar-refractivity contribution in [2.45, 2.75) is 31.8 Å². The smallest absolute Gasteiger partial charge is 0.244 e. The Hall–Kier alpha value is -1.82. The molecule has 0 aromatic heterocycles. The van der Waals surface area contributed by atoms with Crippen molar-refractivity contribution in [2.75, 3.05) is 0 Å². The second-order valence-corrected chi connectivity index (χ2v) is 4.64. The van der Waals surface area contributed by atoms with Crippen LogP contribution in [0.4, 0.5) is 8.78 Å². The third-order valence-corrected chi connectivity index (χ3v) is 3.03. The van der Waals surface area contributed by atoms with Gasteiger partial charge in [-0.05, 0) is 25.5 Å². The zero-order valence-electron chi connectivity index (χ0n) is 10.4. The van der Waals surface area contributed by atoms with Gasteiger partial charge >= 0.3 is 0 Å². The van der Waals surface area contributed by atoms with Crippen LogP contribution in [0.15, 0.2) is 18.2 Å². The van der Waals surface area contributed by atoms with Crippen molar-refractivity contribution in [3.05, 3.63) is 35.4 Å². The fourth-order valence-electron chi connectivity index (χ4n) is 2.12. The van der Waals surface area contributed by atoms with E-state index in [2.05, 4.69) is 10.6 Å². The molecule has 19 heavy (non-hydrogen) atoms. The molecule has 1 fully saturated rings. The van der Waals surface area contributed by atoms with Crippen LogP contribution in [0.5, 0.6) is 0 Å². The summed E-state index contributed by atoms with van der Waals surface area (Å²) in [5.74, 6) is -1.96. The van der Waals surface area contributed by atoms with Gasteiger partial charge in [-0.15, -0.1) is 0 Å². The largest absolute Gasteiger partial charge is 0.303 e. The number of carbonyl (C=O) groups is 2. The summed E-state index contributed by atoms with van der Waals surface area (Å²) < 4.78 is 26.9. The minimum Gasteiger partial charge on any atom is -0.303 e. The molecule has 6 heteroatoms. The monoisotopic (exact) mass is 268 g/mol. The number of hydrogen-bond acceptors (Lipinski definition) is 3. The summed E-state index contributed by atoms with van der Waals surface area (Å²) in [6.07, 6.45) is 0.166. The van der Waals surface area contributed by atoms with Gasteiger partial charge in [-0.2, -0.15) is 0 Å². The molecule has 1 aromatic carbocycles.